The first-order chi connectivity index (χ1) is 6.24. The molecule has 0 radical (unpaired) electrons. The number of rotatable bonds is 3. The van der Waals surface area contributed by atoms with Gasteiger partial charge in [-0.25, -0.2) is 4.98 Å². The zero-order valence-electron chi connectivity index (χ0n) is 7.17. The third-order valence-corrected chi connectivity index (χ3v) is 2.07. The van der Waals surface area contributed by atoms with Gasteiger partial charge >= 0.3 is 0 Å². The maximum Gasteiger partial charge on any atom is 0.153 e. The van der Waals surface area contributed by atoms with Crippen molar-refractivity contribution in [1.82, 2.24) is 4.98 Å². The van der Waals surface area contributed by atoms with Crippen LogP contribution in [0, 0.1) is 0 Å². The third-order valence-electron chi connectivity index (χ3n) is 1.65. The van der Waals surface area contributed by atoms with Crippen LogP contribution in [0.4, 0.5) is 5.82 Å². The molecule has 0 amide bonds. The second-order valence-corrected chi connectivity index (χ2v) is 2.74. The Hall–Kier alpha value is -1.35. The Morgan fingerprint density at radius 1 is 1.69 bits per heavy atom. The van der Waals surface area contributed by atoms with Crippen LogP contribution in [0.1, 0.15) is 15.9 Å². The Bertz CT molecular complexity index is 350. The normalized spacial score (nSPS) is 9.38. The van der Waals surface area contributed by atoms with Crippen molar-refractivity contribution in [3.63, 3.8) is 0 Å². The van der Waals surface area contributed by atoms with Gasteiger partial charge in [-0.1, -0.05) is 24.3 Å². The average Bonchev–Trinajstić information content (AvgIpc) is 2.17. The molecule has 3 nitrogen and oxygen atoms in total. The lowest BCUT2D eigenvalue weighted by atomic mass is 10.2. The highest BCUT2D eigenvalue weighted by atomic mass is 35.5. The fourth-order valence-electron chi connectivity index (χ4n) is 0.987. The van der Waals surface area contributed by atoms with Gasteiger partial charge in [0.25, 0.3) is 0 Å². The number of aldehydes is 1. The summed E-state index contributed by atoms with van der Waals surface area (Å²) in [6, 6.07) is 0. The second-order valence-electron chi connectivity index (χ2n) is 2.36. The van der Waals surface area contributed by atoms with Crippen LogP contribution in [-0.4, -0.2) is 18.3 Å². The van der Waals surface area contributed by atoms with Gasteiger partial charge in [0.05, 0.1) is 10.6 Å². The number of halogens is 1. The quantitative estimate of drug-likeness (QED) is 0.754. The van der Waals surface area contributed by atoms with Gasteiger partial charge < -0.3 is 5.32 Å². The number of aromatic nitrogens is 1. The lowest BCUT2D eigenvalue weighted by Gasteiger charge is -2.06. The molecule has 0 saturated carbocycles. The lowest BCUT2D eigenvalue weighted by molar-refractivity contribution is 0.112. The molecule has 0 spiro atoms. The summed E-state index contributed by atoms with van der Waals surface area (Å²) in [7, 11) is 1.73. The maximum atomic E-state index is 10.5. The Labute approximate surface area is 81.4 Å². The molecule has 1 aromatic rings. The van der Waals surface area contributed by atoms with Gasteiger partial charge in [0.15, 0.2) is 6.29 Å². The van der Waals surface area contributed by atoms with Crippen LogP contribution >= 0.6 is 11.6 Å². The highest BCUT2D eigenvalue weighted by Gasteiger charge is 2.08. The largest absolute Gasteiger partial charge is 0.373 e. The van der Waals surface area contributed by atoms with E-state index in [-0.39, 0.29) is 0 Å². The molecule has 0 aliphatic carbocycles. The van der Waals surface area contributed by atoms with Crippen molar-refractivity contribution >= 4 is 29.8 Å². The molecular formula is C9H9ClN2O. The van der Waals surface area contributed by atoms with Crippen molar-refractivity contribution < 1.29 is 4.79 Å². The Balaban J connectivity index is 3.39. The number of anilines is 1. The lowest BCUT2D eigenvalue weighted by Crippen LogP contribution is -1.98. The smallest absolute Gasteiger partial charge is 0.153 e. The minimum absolute atomic E-state index is 0.371. The van der Waals surface area contributed by atoms with Gasteiger partial charge in [0.2, 0.25) is 0 Å². The molecule has 0 bridgehead atoms. The average molecular weight is 197 g/mol. The van der Waals surface area contributed by atoms with Crippen molar-refractivity contribution in [2.45, 2.75) is 0 Å². The van der Waals surface area contributed by atoms with Crippen LogP contribution in [0.5, 0.6) is 0 Å². The minimum Gasteiger partial charge on any atom is -0.373 e. The Morgan fingerprint density at radius 3 is 2.85 bits per heavy atom. The predicted octanol–water partition coefficient (Wildman–Crippen LogP) is 2.23. The van der Waals surface area contributed by atoms with Crippen LogP contribution in [0.2, 0.25) is 5.02 Å². The summed E-state index contributed by atoms with van der Waals surface area (Å²) in [6.07, 6.45) is 3.66. The molecule has 0 aliphatic rings. The van der Waals surface area contributed by atoms with E-state index in [2.05, 4.69) is 16.9 Å². The molecule has 0 unspecified atom stereocenters. The van der Waals surface area contributed by atoms with Crippen LogP contribution in [0.15, 0.2) is 12.8 Å². The highest BCUT2D eigenvalue weighted by Crippen LogP contribution is 2.25. The van der Waals surface area contributed by atoms with Crippen LogP contribution < -0.4 is 5.32 Å². The first kappa shape index (κ1) is 9.74. The number of hydrogen-bond acceptors (Lipinski definition) is 3. The fourth-order valence-corrected chi connectivity index (χ4v) is 1.25. The number of hydrogen-bond donors (Lipinski definition) is 1. The van der Waals surface area contributed by atoms with Gasteiger partial charge in [-0.2, -0.15) is 0 Å². The maximum absolute atomic E-state index is 10.5. The van der Waals surface area contributed by atoms with E-state index in [9.17, 15) is 4.79 Å². The van der Waals surface area contributed by atoms with Gasteiger partial charge in [-0.05, 0) is 0 Å². The standard InChI is InChI=1S/C9H9ClN2O/c1-3-7-8(10)6(5-13)4-12-9(7)11-2/h3-5H,1H2,2H3,(H,11,12). The fraction of sp³-hybridized carbons (Fsp3) is 0.111. The number of nitrogens with zero attached hydrogens (tertiary/aromatic N) is 1. The number of carbonyl (C=O) groups is 1. The first-order valence-corrected chi connectivity index (χ1v) is 4.06. The Morgan fingerprint density at radius 2 is 2.38 bits per heavy atom. The van der Waals surface area contributed by atoms with Crippen molar-refractivity contribution in [3.8, 4) is 0 Å². The van der Waals surface area contributed by atoms with E-state index in [1.807, 2.05) is 0 Å². The molecule has 1 aromatic heterocycles. The van der Waals surface area contributed by atoms with E-state index in [0.717, 1.165) is 0 Å². The van der Waals surface area contributed by atoms with Crippen LogP contribution in [0.3, 0.4) is 0 Å². The predicted molar refractivity (Wildman–Crippen MR) is 54.3 cm³/mol. The van der Waals surface area contributed by atoms with E-state index in [1.165, 1.54) is 6.20 Å². The van der Waals surface area contributed by atoms with Gasteiger partial charge in [-0.3, -0.25) is 4.79 Å². The second kappa shape index (κ2) is 4.05. The van der Waals surface area contributed by atoms with Gasteiger partial charge in [-0.15, -0.1) is 0 Å². The van der Waals surface area contributed by atoms with E-state index < -0.39 is 0 Å². The summed E-state index contributed by atoms with van der Waals surface area (Å²) in [6.45, 7) is 3.60. The SMILES string of the molecule is C=Cc1c(NC)ncc(C=O)c1Cl. The van der Waals surface area contributed by atoms with Gasteiger partial charge in [0.1, 0.15) is 5.82 Å². The number of pyridine rings is 1. The molecule has 1 rings (SSSR count). The van der Waals surface area contributed by atoms with Crippen LogP contribution in [0.25, 0.3) is 6.08 Å². The molecule has 68 valence electrons. The summed E-state index contributed by atoms with van der Waals surface area (Å²) in [5.41, 5.74) is 1.02. The Kier molecular flexibility index (Phi) is 3.03. The summed E-state index contributed by atoms with van der Waals surface area (Å²) in [5, 5.41) is 3.23. The molecule has 4 heteroatoms. The van der Waals surface area contributed by atoms with Crippen molar-refractivity contribution in [2.75, 3.05) is 12.4 Å². The van der Waals surface area contributed by atoms with Crippen molar-refractivity contribution in [2.24, 2.45) is 0 Å². The van der Waals surface area contributed by atoms with E-state index in [4.69, 9.17) is 11.6 Å². The van der Waals surface area contributed by atoms with Crippen molar-refractivity contribution in [1.29, 1.82) is 0 Å². The molecule has 0 saturated heterocycles. The van der Waals surface area contributed by atoms with E-state index in [1.54, 1.807) is 13.1 Å². The third kappa shape index (κ3) is 1.70. The van der Waals surface area contributed by atoms with E-state index in [0.29, 0.717) is 28.3 Å². The number of nitrogens with one attached hydrogen (secondary N) is 1. The van der Waals surface area contributed by atoms with Gasteiger partial charge in [0, 0.05) is 18.8 Å². The number of carbonyl (C=O) groups excluding carboxylic acids is 1. The molecule has 13 heavy (non-hydrogen) atoms. The first-order valence-electron chi connectivity index (χ1n) is 3.68. The van der Waals surface area contributed by atoms with Crippen LogP contribution in [-0.2, 0) is 0 Å². The molecule has 0 fully saturated rings. The van der Waals surface area contributed by atoms with E-state index >= 15 is 0 Å². The molecular weight excluding hydrogens is 188 g/mol. The minimum atomic E-state index is 0.371. The topological polar surface area (TPSA) is 42.0 Å². The molecule has 0 atom stereocenters. The zero-order chi connectivity index (χ0) is 9.84. The summed E-state index contributed by atoms with van der Waals surface area (Å²) in [5.74, 6) is 0.616. The highest BCUT2D eigenvalue weighted by molar-refractivity contribution is 6.34. The monoisotopic (exact) mass is 196 g/mol. The van der Waals surface area contributed by atoms with Crippen molar-refractivity contribution in [3.05, 3.63) is 28.9 Å². The molecule has 0 aromatic carbocycles. The summed E-state index contributed by atoms with van der Waals surface area (Å²) in [4.78, 5) is 14.5. The molecule has 1 heterocycles. The molecule has 1 N–H and O–H groups in total. The summed E-state index contributed by atoms with van der Waals surface area (Å²) < 4.78 is 0. The summed E-state index contributed by atoms with van der Waals surface area (Å²) >= 11 is 5.91. The zero-order valence-corrected chi connectivity index (χ0v) is 7.93. The molecule has 0 aliphatic heterocycles.